The van der Waals surface area contributed by atoms with Crippen LogP contribution in [0.25, 0.3) is 0 Å². The summed E-state index contributed by atoms with van der Waals surface area (Å²) in [7, 11) is -0.599. The van der Waals surface area contributed by atoms with Crippen LogP contribution in [0.5, 0.6) is 5.75 Å². The number of rotatable bonds is 7. The number of hydrogen-bond acceptors (Lipinski definition) is 4. The molecule has 0 amide bonds. The van der Waals surface area contributed by atoms with Crippen molar-refractivity contribution in [2.45, 2.75) is 26.4 Å². The average Bonchev–Trinajstić information content (AvgIpc) is 2.48. The Bertz CT molecular complexity index is 438. The van der Waals surface area contributed by atoms with Gasteiger partial charge in [-0.25, -0.2) is 0 Å². The maximum Gasteiger partial charge on any atom is 0.119 e. The summed E-state index contributed by atoms with van der Waals surface area (Å²) >= 11 is 0. The molecule has 1 aliphatic rings. The predicted octanol–water partition coefficient (Wildman–Crippen LogP) is 1.63. The number of nitrogens with zero attached hydrogens (tertiary/aromatic N) is 1. The first kappa shape index (κ1) is 16.5. The molecule has 1 aliphatic heterocycles. The minimum atomic E-state index is -0.599. The van der Waals surface area contributed by atoms with Crippen LogP contribution in [0.15, 0.2) is 24.3 Å². The van der Waals surface area contributed by atoms with E-state index in [1.807, 2.05) is 12.1 Å². The lowest BCUT2D eigenvalue weighted by Gasteiger charge is -2.25. The molecule has 118 valence electrons. The molecule has 1 saturated heterocycles. The maximum atomic E-state index is 11.3. The topological polar surface area (TPSA) is 41.6 Å². The first-order valence-electron chi connectivity index (χ1n) is 7.66. The molecule has 1 heterocycles. The van der Waals surface area contributed by atoms with Gasteiger partial charge in [-0.05, 0) is 17.7 Å². The molecule has 0 radical (unpaired) electrons. The monoisotopic (exact) mass is 310 g/mol. The third-order valence-corrected chi connectivity index (χ3v) is 4.86. The van der Waals surface area contributed by atoms with E-state index < -0.39 is 10.8 Å². The average molecular weight is 310 g/mol. The molecular weight excluding hydrogens is 284 g/mol. The van der Waals surface area contributed by atoms with Crippen molar-refractivity contribution in [2.24, 2.45) is 0 Å². The molecular formula is C16H26N2O2S. The highest BCUT2D eigenvalue weighted by Gasteiger charge is 2.14. The summed E-state index contributed by atoms with van der Waals surface area (Å²) in [6.07, 6.45) is 0. The lowest BCUT2D eigenvalue weighted by atomic mass is 10.2. The molecule has 0 saturated carbocycles. The van der Waals surface area contributed by atoms with Crippen molar-refractivity contribution < 1.29 is 8.95 Å². The summed E-state index contributed by atoms with van der Waals surface area (Å²) < 4.78 is 17.1. The largest absolute Gasteiger partial charge is 0.492 e. The van der Waals surface area contributed by atoms with Gasteiger partial charge in [-0.15, -0.1) is 0 Å². The third-order valence-electron chi connectivity index (χ3n) is 3.58. The summed E-state index contributed by atoms with van der Waals surface area (Å²) in [4.78, 5) is 2.32. The van der Waals surface area contributed by atoms with Crippen molar-refractivity contribution in [1.29, 1.82) is 0 Å². The molecule has 4 nitrogen and oxygen atoms in total. The zero-order valence-corrected chi connectivity index (χ0v) is 13.8. The van der Waals surface area contributed by atoms with Gasteiger partial charge in [-0.3, -0.25) is 9.11 Å². The van der Waals surface area contributed by atoms with E-state index in [0.717, 1.165) is 43.4 Å². The van der Waals surface area contributed by atoms with Crippen LogP contribution in [0.2, 0.25) is 0 Å². The van der Waals surface area contributed by atoms with E-state index in [9.17, 15) is 4.21 Å². The van der Waals surface area contributed by atoms with Gasteiger partial charge in [0.1, 0.15) is 12.4 Å². The van der Waals surface area contributed by atoms with Crippen molar-refractivity contribution in [3.63, 3.8) is 0 Å². The quantitative estimate of drug-likeness (QED) is 0.831. The van der Waals surface area contributed by atoms with Gasteiger partial charge in [-0.1, -0.05) is 26.0 Å². The van der Waals surface area contributed by atoms with Crippen LogP contribution in [0.3, 0.4) is 0 Å². The van der Waals surface area contributed by atoms with Crippen LogP contribution in [0.1, 0.15) is 19.4 Å². The van der Waals surface area contributed by atoms with Crippen molar-refractivity contribution in [3.8, 4) is 5.75 Å². The smallest absolute Gasteiger partial charge is 0.119 e. The van der Waals surface area contributed by atoms with E-state index >= 15 is 0 Å². The van der Waals surface area contributed by atoms with E-state index in [1.165, 1.54) is 5.56 Å². The van der Waals surface area contributed by atoms with E-state index in [1.54, 1.807) is 0 Å². The lowest BCUT2D eigenvalue weighted by Crippen LogP contribution is -2.39. The van der Waals surface area contributed by atoms with Crippen LogP contribution in [0, 0.1) is 0 Å². The van der Waals surface area contributed by atoms with Gasteiger partial charge in [0.05, 0.1) is 0 Å². The van der Waals surface area contributed by atoms with Gasteiger partial charge in [0.25, 0.3) is 0 Å². The summed E-state index contributed by atoms with van der Waals surface area (Å²) in [5.74, 6) is 2.53. The highest BCUT2D eigenvalue weighted by atomic mass is 32.2. The van der Waals surface area contributed by atoms with Crippen molar-refractivity contribution in [3.05, 3.63) is 29.8 Å². The van der Waals surface area contributed by atoms with Crippen molar-refractivity contribution >= 4 is 10.8 Å². The minimum absolute atomic E-state index is 0.500. The van der Waals surface area contributed by atoms with Crippen LogP contribution in [0.4, 0.5) is 0 Å². The summed E-state index contributed by atoms with van der Waals surface area (Å²) in [6, 6.07) is 8.77. The van der Waals surface area contributed by atoms with Crippen molar-refractivity contribution in [2.75, 3.05) is 37.7 Å². The van der Waals surface area contributed by atoms with Crippen molar-refractivity contribution in [1.82, 2.24) is 10.2 Å². The number of ether oxygens (including phenoxy) is 1. The molecule has 0 unspecified atom stereocenters. The molecule has 0 spiro atoms. The number of benzene rings is 1. The van der Waals surface area contributed by atoms with E-state index in [0.29, 0.717) is 12.6 Å². The molecule has 21 heavy (non-hydrogen) atoms. The summed E-state index contributed by atoms with van der Waals surface area (Å²) in [5, 5.41) is 3.40. The second-order valence-electron chi connectivity index (χ2n) is 5.72. The highest BCUT2D eigenvalue weighted by Crippen LogP contribution is 2.12. The molecule has 1 N–H and O–H groups in total. The Morgan fingerprint density at radius 1 is 1.24 bits per heavy atom. The molecule has 0 bridgehead atoms. The molecule has 0 aromatic heterocycles. The Hall–Kier alpha value is -0.910. The van der Waals surface area contributed by atoms with Crippen LogP contribution >= 0.6 is 0 Å². The lowest BCUT2D eigenvalue weighted by molar-refractivity contribution is 0.221. The zero-order valence-electron chi connectivity index (χ0n) is 13.0. The first-order chi connectivity index (χ1) is 10.1. The maximum absolute atomic E-state index is 11.3. The Morgan fingerprint density at radius 2 is 1.90 bits per heavy atom. The molecule has 2 rings (SSSR count). The molecule has 1 aromatic rings. The summed E-state index contributed by atoms with van der Waals surface area (Å²) in [6.45, 7) is 8.64. The van der Waals surface area contributed by atoms with E-state index in [4.69, 9.17) is 4.74 Å². The highest BCUT2D eigenvalue weighted by molar-refractivity contribution is 7.85. The zero-order chi connectivity index (χ0) is 15.1. The van der Waals surface area contributed by atoms with E-state index in [-0.39, 0.29) is 0 Å². The van der Waals surface area contributed by atoms with Gasteiger partial charge in [-0.2, -0.15) is 0 Å². The standard InChI is InChI=1S/C16H26N2O2S/c1-14(2)17-13-15-3-5-16(6-4-15)20-10-7-18-8-11-21(19)12-9-18/h3-6,14,17H,7-13H2,1-2H3. The minimum Gasteiger partial charge on any atom is -0.492 e. The van der Waals surface area contributed by atoms with Gasteiger partial charge in [0.2, 0.25) is 0 Å². The normalized spacial score (nSPS) is 17.3. The number of hydrogen-bond donors (Lipinski definition) is 1. The van der Waals surface area contributed by atoms with Crippen LogP contribution in [-0.2, 0) is 17.3 Å². The van der Waals surface area contributed by atoms with Gasteiger partial charge < -0.3 is 10.1 Å². The Balaban J connectivity index is 1.67. The second-order valence-corrected chi connectivity index (χ2v) is 7.41. The van der Waals surface area contributed by atoms with Gasteiger partial charge in [0.15, 0.2) is 0 Å². The molecule has 1 fully saturated rings. The van der Waals surface area contributed by atoms with Crippen LogP contribution < -0.4 is 10.1 Å². The fourth-order valence-corrected chi connectivity index (χ4v) is 3.35. The van der Waals surface area contributed by atoms with Gasteiger partial charge >= 0.3 is 0 Å². The second kappa shape index (κ2) is 8.51. The molecule has 5 heteroatoms. The summed E-state index contributed by atoms with van der Waals surface area (Å²) in [5.41, 5.74) is 1.27. The Kier molecular flexibility index (Phi) is 6.67. The fraction of sp³-hybridized carbons (Fsp3) is 0.625. The molecule has 0 aliphatic carbocycles. The van der Waals surface area contributed by atoms with Crippen LogP contribution in [-0.4, -0.2) is 52.9 Å². The molecule has 0 atom stereocenters. The first-order valence-corrected chi connectivity index (χ1v) is 9.15. The molecule has 1 aromatic carbocycles. The van der Waals surface area contributed by atoms with E-state index in [2.05, 4.69) is 36.2 Å². The SMILES string of the molecule is CC(C)NCc1ccc(OCCN2CCS(=O)CC2)cc1. The Morgan fingerprint density at radius 3 is 2.52 bits per heavy atom. The fourth-order valence-electron chi connectivity index (χ4n) is 2.22. The van der Waals surface area contributed by atoms with Gasteiger partial charge in [0, 0.05) is 54.5 Å². The predicted molar refractivity (Wildman–Crippen MR) is 88.2 cm³/mol. The number of nitrogens with one attached hydrogen (secondary N) is 1. The third kappa shape index (κ3) is 6.16. The Labute approximate surface area is 130 Å².